The number of nitriles is 1. The minimum atomic E-state index is 0.327. The summed E-state index contributed by atoms with van der Waals surface area (Å²) < 4.78 is 1.54. The summed E-state index contributed by atoms with van der Waals surface area (Å²) in [5.74, 6) is 0. The minimum Gasteiger partial charge on any atom is -0.329 e. The third-order valence-corrected chi connectivity index (χ3v) is 1.01. The Bertz CT molecular complexity index is 245. The fourth-order valence-electron chi connectivity index (χ4n) is 0.591. The Morgan fingerprint density at radius 1 is 1.80 bits per heavy atom. The highest BCUT2D eigenvalue weighted by atomic mass is 15.4. The van der Waals surface area contributed by atoms with E-state index in [1.54, 1.807) is 10.9 Å². The van der Waals surface area contributed by atoms with E-state index < -0.39 is 0 Å². The molecule has 1 rings (SSSR count). The minimum absolute atomic E-state index is 0.327. The van der Waals surface area contributed by atoms with Gasteiger partial charge in [-0.15, -0.1) is 5.10 Å². The molecule has 0 saturated heterocycles. The molecule has 2 N–H and O–H groups in total. The van der Waals surface area contributed by atoms with E-state index in [9.17, 15) is 0 Å². The zero-order valence-electron chi connectivity index (χ0n) is 5.36. The summed E-state index contributed by atoms with van der Waals surface area (Å²) in [5.41, 5.74) is 5.57. The van der Waals surface area contributed by atoms with Crippen LogP contribution in [0.15, 0.2) is 6.20 Å². The van der Waals surface area contributed by atoms with Crippen molar-refractivity contribution < 1.29 is 0 Å². The van der Waals surface area contributed by atoms with Gasteiger partial charge in [-0.2, -0.15) is 5.26 Å². The van der Waals surface area contributed by atoms with Gasteiger partial charge >= 0.3 is 0 Å². The van der Waals surface area contributed by atoms with Crippen LogP contribution in [0.25, 0.3) is 0 Å². The van der Waals surface area contributed by atoms with Crippen molar-refractivity contribution in [3.8, 4) is 6.07 Å². The van der Waals surface area contributed by atoms with Crippen molar-refractivity contribution >= 4 is 0 Å². The molecule has 0 radical (unpaired) electrons. The normalized spacial score (nSPS) is 9.20. The Balaban J connectivity index is 2.71. The predicted octanol–water partition coefficient (Wildman–Crippen LogP) is -0.892. The molecule has 5 heteroatoms. The number of hydrogen-bond donors (Lipinski definition) is 1. The molecule has 0 aliphatic rings. The zero-order valence-corrected chi connectivity index (χ0v) is 5.36. The summed E-state index contributed by atoms with van der Waals surface area (Å²) in [6, 6.07) is 1.87. The van der Waals surface area contributed by atoms with E-state index in [2.05, 4.69) is 10.3 Å². The maximum Gasteiger partial charge on any atom is 0.182 e. The Hall–Kier alpha value is -1.41. The summed E-state index contributed by atoms with van der Waals surface area (Å²) in [7, 11) is 0. The Morgan fingerprint density at radius 2 is 2.60 bits per heavy atom. The molecule has 52 valence electrons. The van der Waals surface area contributed by atoms with E-state index in [0.29, 0.717) is 18.8 Å². The van der Waals surface area contributed by atoms with Crippen LogP contribution in [0.2, 0.25) is 0 Å². The van der Waals surface area contributed by atoms with E-state index >= 15 is 0 Å². The molecule has 5 nitrogen and oxygen atoms in total. The van der Waals surface area contributed by atoms with Gasteiger partial charge < -0.3 is 5.73 Å². The maximum atomic E-state index is 8.32. The molecule has 1 aromatic heterocycles. The number of hydrogen-bond acceptors (Lipinski definition) is 4. The molecule has 0 atom stereocenters. The zero-order chi connectivity index (χ0) is 7.40. The van der Waals surface area contributed by atoms with Gasteiger partial charge in [0, 0.05) is 6.54 Å². The third-order valence-electron chi connectivity index (χ3n) is 1.01. The highest BCUT2D eigenvalue weighted by Gasteiger charge is 1.95. The van der Waals surface area contributed by atoms with Gasteiger partial charge in [0.1, 0.15) is 6.07 Å². The summed E-state index contributed by atoms with van der Waals surface area (Å²) in [5, 5.41) is 15.5. The van der Waals surface area contributed by atoms with Crippen LogP contribution in [0.5, 0.6) is 0 Å². The average molecular weight is 137 g/mol. The smallest absolute Gasteiger partial charge is 0.182 e. The molecule has 0 spiro atoms. The van der Waals surface area contributed by atoms with Crippen LogP contribution < -0.4 is 5.73 Å². The number of nitrogens with zero attached hydrogens (tertiary/aromatic N) is 4. The van der Waals surface area contributed by atoms with Crippen molar-refractivity contribution in [2.75, 3.05) is 6.54 Å². The van der Waals surface area contributed by atoms with E-state index in [4.69, 9.17) is 11.0 Å². The molecule has 0 aromatic carbocycles. The van der Waals surface area contributed by atoms with Crippen LogP contribution in [-0.4, -0.2) is 21.5 Å². The summed E-state index contributed by atoms with van der Waals surface area (Å²) in [4.78, 5) is 0. The van der Waals surface area contributed by atoms with Crippen molar-refractivity contribution in [3.05, 3.63) is 11.9 Å². The lowest BCUT2D eigenvalue weighted by molar-refractivity contribution is 0.598. The average Bonchev–Trinajstić information content (AvgIpc) is 2.37. The van der Waals surface area contributed by atoms with Gasteiger partial charge in [0.25, 0.3) is 0 Å². The summed E-state index contributed by atoms with van der Waals surface area (Å²) >= 11 is 0. The van der Waals surface area contributed by atoms with E-state index in [-0.39, 0.29) is 0 Å². The van der Waals surface area contributed by atoms with Crippen LogP contribution in [-0.2, 0) is 6.54 Å². The lowest BCUT2D eigenvalue weighted by Gasteiger charge is -1.91. The van der Waals surface area contributed by atoms with Crippen LogP contribution >= 0.6 is 0 Å². The molecule has 0 aliphatic carbocycles. The second kappa shape index (κ2) is 2.94. The lowest BCUT2D eigenvalue weighted by Crippen LogP contribution is -2.10. The van der Waals surface area contributed by atoms with Gasteiger partial charge in [0.2, 0.25) is 0 Å². The van der Waals surface area contributed by atoms with Crippen molar-refractivity contribution in [3.63, 3.8) is 0 Å². The van der Waals surface area contributed by atoms with Crippen molar-refractivity contribution in [1.82, 2.24) is 15.0 Å². The van der Waals surface area contributed by atoms with Gasteiger partial charge in [0.15, 0.2) is 5.69 Å². The molecule has 0 unspecified atom stereocenters. The van der Waals surface area contributed by atoms with Crippen LogP contribution in [0.4, 0.5) is 0 Å². The Labute approximate surface area is 58.1 Å². The maximum absolute atomic E-state index is 8.32. The fraction of sp³-hybridized carbons (Fsp3) is 0.400. The highest BCUT2D eigenvalue weighted by molar-refractivity contribution is 5.12. The van der Waals surface area contributed by atoms with Gasteiger partial charge in [-0.25, -0.2) is 4.68 Å². The monoisotopic (exact) mass is 137 g/mol. The summed E-state index contributed by atoms with van der Waals surface area (Å²) in [6.45, 7) is 1.11. The van der Waals surface area contributed by atoms with Crippen molar-refractivity contribution in [2.45, 2.75) is 6.54 Å². The lowest BCUT2D eigenvalue weighted by atomic mass is 10.5. The van der Waals surface area contributed by atoms with Gasteiger partial charge in [0.05, 0.1) is 12.7 Å². The molecule has 1 heterocycles. The van der Waals surface area contributed by atoms with E-state index in [1.165, 1.54) is 0 Å². The molecular weight excluding hydrogens is 130 g/mol. The standard InChI is InChI=1S/C5H7N5/c6-1-2-10-4-5(3-7)8-9-10/h4H,1-2,6H2. The van der Waals surface area contributed by atoms with Crippen molar-refractivity contribution in [1.29, 1.82) is 5.26 Å². The second-order valence-electron chi connectivity index (χ2n) is 1.77. The molecule has 0 aliphatic heterocycles. The third kappa shape index (κ3) is 1.30. The highest BCUT2D eigenvalue weighted by Crippen LogP contribution is 1.87. The van der Waals surface area contributed by atoms with Crippen LogP contribution in [0, 0.1) is 11.3 Å². The molecule has 0 bridgehead atoms. The van der Waals surface area contributed by atoms with Crippen LogP contribution in [0.1, 0.15) is 5.69 Å². The predicted molar refractivity (Wildman–Crippen MR) is 33.8 cm³/mol. The van der Waals surface area contributed by atoms with Gasteiger partial charge in [-0.05, 0) is 0 Å². The molecular formula is C5H7N5. The molecule has 1 aromatic rings. The van der Waals surface area contributed by atoms with Crippen molar-refractivity contribution in [2.24, 2.45) is 5.73 Å². The van der Waals surface area contributed by atoms with Gasteiger partial charge in [-0.1, -0.05) is 5.21 Å². The number of rotatable bonds is 2. The van der Waals surface area contributed by atoms with Gasteiger partial charge in [-0.3, -0.25) is 0 Å². The fourth-order valence-corrected chi connectivity index (χ4v) is 0.591. The number of nitrogens with two attached hydrogens (primary N) is 1. The Morgan fingerprint density at radius 3 is 3.10 bits per heavy atom. The molecule has 0 fully saturated rings. The first kappa shape index (κ1) is 6.71. The topological polar surface area (TPSA) is 80.5 Å². The number of aromatic nitrogens is 3. The second-order valence-corrected chi connectivity index (χ2v) is 1.77. The molecule has 0 amide bonds. The van der Waals surface area contributed by atoms with E-state index in [0.717, 1.165) is 0 Å². The Kier molecular flexibility index (Phi) is 1.97. The molecule has 10 heavy (non-hydrogen) atoms. The quantitative estimate of drug-likeness (QED) is 0.573. The summed E-state index contributed by atoms with van der Waals surface area (Å²) in [6.07, 6.45) is 1.56. The van der Waals surface area contributed by atoms with E-state index in [1.807, 2.05) is 6.07 Å². The largest absolute Gasteiger partial charge is 0.329 e. The SMILES string of the molecule is N#Cc1cn(CCN)nn1. The molecule has 0 saturated carbocycles. The first-order valence-corrected chi connectivity index (χ1v) is 2.87. The first-order valence-electron chi connectivity index (χ1n) is 2.87. The first-order chi connectivity index (χ1) is 4.86. The van der Waals surface area contributed by atoms with Crippen LogP contribution in [0.3, 0.4) is 0 Å².